The highest BCUT2D eigenvalue weighted by atomic mass is 16.3. The lowest BCUT2D eigenvalue weighted by molar-refractivity contribution is 0.207. The summed E-state index contributed by atoms with van der Waals surface area (Å²) >= 11 is 0. The molecule has 2 N–H and O–H groups in total. The van der Waals surface area contributed by atoms with E-state index >= 15 is 0 Å². The molecule has 0 fully saturated rings. The fraction of sp³-hybridized carbons (Fsp3) is 0.750. The number of aryl methyl sites for hydroxylation is 2. The fourth-order valence-corrected chi connectivity index (χ4v) is 1.75. The minimum Gasteiger partial charge on any atom is -0.396 e. The Labute approximate surface area is 97.7 Å². The second-order valence-electron chi connectivity index (χ2n) is 5.15. The molecule has 1 aromatic heterocycles. The van der Waals surface area contributed by atoms with Crippen molar-refractivity contribution in [2.24, 2.45) is 12.5 Å². The number of rotatable bonds is 6. The highest BCUT2D eigenvalue weighted by molar-refractivity contribution is 5.14. The van der Waals surface area contributed by atoms with Crippen molar-refractivity contribution in [2.45, 2.75) is 33.7 Å². The first-order chi connectivity index (χ1) is 7.44. The topological polar surface area (TPSA) is 50.1 Å². The lowest BCUT2D eigenvalue weighted by Gasteiger charge is -2.23. The van der Waals surface area contributed by atoms with Crippen molar-refractivity contribution in [1.29, 1.82) is 0 Å². The van der Waals surface area contributed by atoms with Crippen molar-refractivity contribution < 1.29 is 5.11 Å². The molecule has 0 bridgehead atoms. The molecule has 0 aliphatic heterocycles. The van der Waals surface area contributed by atoms with Crippen molar-refractivity contribution in [3.05, 3.63) is 17.5 Å². The van der Waals surface area contributed by atoms with Crippen LogP contribution in [0.1, 0.15) is 31.5 Å². The van der Waals surface area contributed by atoms with Crippen LogP contribution in [-0.2, 0) is 13.6 Å². The zero-order valence-corrected chi connectivity index (χ0v) is 10.7. The normalized spacial score (nSPS) is 12.1. The molecule has 0 radical (unpaired) electrons. The summed E-state index contributed by atoms with van der Waals surface area (Å²) in [6.07, 6.45) is 2.87. The largest absolute Gasteiger partial charge is 0.396 e. The van der Waals surface area contributed by atoms with Crippen LogP contribution in [0.5, 0.6) is 0 Å². The van der Waals surface area contributed by atoms with Gasteiger partial charge in [0.25, 0.3) is 0 Å². The van der Waals surface area contributed by atoms with Gasteiger partial charge in [-0.1, -0.05) is 13.8 Å². The second-order valence-corrected chi connectivity index (χ2v) is 5.15. The third-order valence-electron chi connectivity index (χ3n) is 2.82. The molecule has 0 spiro atoms. The Morgan fingerprint density at radius 2 is 2.19 bits per heavy atom. The van der Waals surface area contributed by atoms with Gasteiger partial charge in [0, 0.05) is 38.5 Å². The van der Waals surface area contributed by atoms with Gasteiger partial charge in [-0.3, -0.25) is 4.68 Å². The molecule has 0 saturated heterocycles. The number of nitrogens with one attached hydrogen (secondary N) is 1. The van der Waals surface area contributed by atoms with Crippen LogP contribution in [0.15, 0.2) is 6.20 Å². The number of aliphatic hydroxyl groups is 1. The zero-order chi connectivity index (χ0) is 12.2. The van der Waals surface area contributed by atoms with E-state index in [1.54, 1.807) is 0 Å². The van der Waals surface area contributed by atoms with Gasteiger partial charge in [0.15, 0.2) is 0 Å². The van der Waals surface area contributed by atoms with Crippen LogP contribution < -0.4 is 5.32 Å². The number of aromatic nitrogens is 2. The van der Waals surface area contributed by atoms with Crippen LogP contribution in [-0.4, -0.2) is 28.0 Å². The molecular weight excluding hydrogens is 202 g/mol. The van der Waals surface area contributed by atoms with Crippen LogP contribution in [0.3, 0.4) is 0 Å². The van der Waals surface area contributed by atoms with E-state index in [0.717, 1.165) is 25.2 Å². The Hall–Kier alpha value is -0.870. The van der Waals surface area contributed by atoms with E-state index in [0.29, 0.717) is 0 Å². The predicted molar refractivity (Wildman–Crippen MR) is 65.1 cm³/mol. The summed E-state index contributed by atoms with van der Waals surface area (Å²) in [5, 5.41) is 16.6. The maximum Gasteiger partial charge on any atom is 0.0638 e. The van der Waals surface area contributed by atoms with E-state index in [1.807, 2.05) is 24.9 Å². The quantitative estimate of drug-likeness (QED) is 0.765. The minimum absolute atomic E-state index is 0.144. The summed E-state index contributed by atoms with van der Waals surface area (Å²) in [5.41, 5.74) is 2.46. The first kappa shape index (κ1) is 13.2. The van der Waals surface area contributed by atoms with Crippen LogP contribution >= 0.6 is 0 Å². The minimum atomic E-state index is 0.144. The molecule has 0 aromatic carbocycles. The molecule has 92 valence electrons. The predicted octanol–water partition coefficient (Wildman–Crippen LogP) is 1.23. The van der Waals surface area contributed by atoms with Gasteiger partial charge in [-0.15, -0.1) is 0 Å². The van der Waals surface area contributed by atoms with E-state index in [2.05, 4.69) is 24.3 Å². The fourth-order valence-electron chi connectivity index (χ4n) is 1.75. The van der Waals surface area contributed by atoms with Crippen molar-refractivity contribution in [1.82, 2.24) is 15.1 Å². The van der Waals surface area contributed by atoms with Crippen LogP contribution in [0.25, 0.3) is 0 Å². The van der Waals surface area contributed by atoms with Crippen molar-refractivity contribution in [3.63, 3.8) is 0 Å². The van der Waals surface area contributed by atoms with E-state index in [9.17, 15) is 0 Å². The standard InChI is InChI=1S/C12H23N3O/c1-10-11(8-15(4)14-10)7-13-9-12(2,3)5-6-16/h8,13,16H,5-7,9H2,1-4H3. The molecule has 0 aliphatic carbocycles. The molecule has 0 unspecified atom stereocenters. The van der Waals surface area contributed by atoms with Gasteiger partial charge in [0.05, 0.1) is 5.69 Å². The van der Waals surface area contributed by atoms with Gasteiger partial charge in [0.2, 0.25) is 0 Å². The monoisotopic (exact) mass is 225 g/mol. The number of aliphatic hydroxyl groups excluding tert-OH is 1. The van der Waals surface area contributed by atoms with Gasteiger partial charge in [0.1, 0.15) is 0 Å². The van der Waals surface area contributed by atoms with Gasteiger partial charge >= 0.3 is 0 Å². The highest BCUT2D eigenvalue weighted by Gasteiger charge is 2.16. The van der Waals surface area contributed by atoms with Gasteiger partial charge in [-0.05, 0) is 18.8 Å². The molecular formula is C12H23N3O. The van der Waals surface area contributed by atoms with Crippen molar-refractivity contribution >= 4 is 0 Å². The molecule has 0 aliphatic rings. The molecule has 4 nitrogen and oxygen atoms in total. The summed E-state index contributed by atoms with van der Waals surface area (Å²) in [6, 6.07) is 0. The third kappa shape index (κ3) is 3.94. The SMILES string of the molecule is Cc1nn(C)cc1CNCC(C)(C)CCO. The first-order valence-electron chi connectivity index (χ1n) is 5.75. The maximum absolute atomic E-state index is 8.92. The van der Waals surface area contributed by atoms with Gasteiger partial charge in [-0.2, -0.15) is 5.10 Å². The molecule has 0 amide bonds. The average molecular weight is 225 g/mol. The number of hydrogen-bond acceptors (Lipinski definition) is 3. The summed E-state index contributed by atoms with van der Waals surface area (Å²) in [6.45, 7) is 8.34. The molecule has 0 saturated carbocycles. The van der Waals surface area contributed by atoms with E-state index in [4.69, 9.17) is 5.11 Å². The smallest absolute Gasteiger partial charge is 0.0638 e. The third-order valence-corrected chi connectivity index (χ3v) is 2.82. The van der Waals surface area contributed by atoms with Crippen molar-refractivity contribution in [3.8, 4) is 0 Å². The first-order valence-corrected chi connectivity index (χ1v) is 5.75. The molecule has 1 heterocycles. The average Bonchev–Trinajstić information content (AvgIpc) is 2.44. The lowest BCUT2D eigenvalue weighted by Crippen LogP contribution is -2.29. The summed E-state index contributed by atoms with van der Waals surface area (Å²) in [5.74, 6) is 0. The summed E-state index contributed by atoms with van der Waals surface area (Å²) in [7, 11) is 1.94. The van der Waals surface area contributed by atoms with E-state index < -0.39 is 0 Å². The molecule has 0 atom stereocenters. The van der Waals surface area contributed by atoms with Crippen LogP contribution in [0.4, 0.5) is 0 Å². The van der Waals surface area contributed by atoms with Crippen LogP contribution in [0.2, 0.25) is 0 Å². The second kappa shape index (κ2) is 5.46. The Kier molecular flexibility index (Phi) is 4.50. The molecule has 1 aromatic rings. The Morgan fingerprint density at radius 3 is 2.69 bits per heavy atom. The van der Waals surface area contributed by atoms with Crippen molar-refractivity contribution in [2.75, 3.05) is 13.2 Å². The molecule has 4 heteroatoms. The Morgan fingerprint density at radius 1 is 1.50 bits per heavy atom. The lowest BCUT2D eigenvalue weighted by atomic mass is 9.90. The summed E-state index contributed by atoms with van der Waals surface area (Å²) < 4.78 is 1.84. The summed E-state index contributed by atoms with van der Waals surface area (Å²) in [4.78, 5) is 0. The zero-order valence-electron chi connectivity index (χ0n) is 10.7. The molecule has 16 heavy (non-hydrogen) atoms. The Balaban J connectivity index is 2.38. The Bertz CT molecular complexity index is 331. The number of hydrogen-bond donors (Lipinski definition) is 2. The van der Waals surface area contributed by atoms with Crippen LogP contribution in [0, 0.1) is 12.3 Å². The molecule has 1 rings (SSSR count). The van der Waals surface area contributed by atoms with E-state index in [1.165, 1.54) is 5.56 Å². The highest BCUT2D eigenvalue weighted by Crippen LogP contribution is 2.18. The number of nitrogens with zero attached hydrogens (tertiary/aromatic N) is 2. The van der Waals surface area contributed by atoms with Gasteiger partial charge < -0.3 is 10.4 Å². The van der Waals surface area contributed by atoms with E-state index in [-0.39, 0.29) is 12.0 Å². The maximum atomic E-state index is 8.92. The van der Waals surface area contributed by atoms with Gasteiger partial charge in [-0.25, -0.2) is 0 Å².